The lowest BCUT2D eigenvalue weighted by atomic mass is 10.1. The third-order valence-electron chi connectivity index (χ3n) is 3.47. The van der Waals surface area contributed by atoms with E-state index in [2.05, 4.69) is 10.6 Å². The van der Waals surface area contributed by atoms with Crippen LogP contribution < -0.4 is 10.6 Å². The summed E-state index contributed by atoms with van der Waals surface area (Å²) in [5.74, 6) is -1.22. The van der Waals surface area contributed by atoms with Crippen molar-refractivity contribution in [3.8, 4) is 0 Å². The fourth-order valence-corrected chi connectivity index (χ4v) is 2.20. The zero-order chi connectivity index (χ0) is 18.9. The van der Waals surface area contributed by atoms with Crippen molar-refractivity contribution in [2.75, 3.05) is 24.4 Å². The Bertz CT molecular complexity index is 773. The van der Waals surface area contributed by atoms with Gasteiger partial charge in [0.2, 0.25) is 11.8 Å². The molecule has 2 rings (SSSR count). The third-order valence-corrected chi connectivity index (χ3v) is 3.47. The quantitative estimate of drug-likeness (QED) is 0.711. The van der Waals surface area contributed by atoms with E-state index in [0.717, 1.165) is 0 Å². The second-order valence-corrected chi connectivity index (χ2v) is 5.54. The van der Waals surface area contributed by atoms with Gasteiger partial charge in [-0.1, -0.05) is 0 Å². The minimum atomic E-state index is -0.416. The normalized spacial score (nSPS) is 10.2. The van der Waals surface area contributed by atoms with Crippen LogP contribution in [0.1, 0.15) is 23.2 Å². The first-order valence-corrected chi connectivity index (χ1v) is 7.95. The second-order valence-electron chi connectivity index (χ2n) is 5.54. The minimum Gasteiger partial charge on any atom is -0.375 e. The number of rotatable bonds is 8. The largest absolute Gasteiger partial charge is 0.375 e. The Labute approximate surface area is 150 Å². The summed E-state index contributed by atoms with van der Waals surface area (Å²) in [5, 5.41) is 5.31. The van der Waals surface area contributed by atoms with Gasteiger partial charge in [0.1, 0.15) is 12.4 Å². The van der Waals surface area contributed by atoms with E-state index in [1.165, 1.54) is 31.4 Å². The van der Waals surface area contributed by atoms with Crippen LogP contribution in [-0.2, 0) is 14.3 Å². The van der Waals surface area contributed by atoms with Crippen LogP contribution >= 0.6 is 0 Å². The molecule has 0 heterocycles. The maximum atomic E-state index is 12.8. The van der Waals surface area contributed by atoms with Crippen molar-refractivity contribution in [3.63, 3.8) is 0 Å². The Kier molecular flexibility index (Phi) is 6.99. The highest BCUT2D eigenvalue weighted by Crippen LogP contribution is 2.14. The van der Waals surface area contributed by atoms with Crippen LogP contribution in [0.4, 0.5) is 15.8 Å². The lowest BCUT2D eigenvalue weighted by Crippen LogP contribution is -2.17. The van der Waals surface area contributed by atoms with Gasteiger partial charge in [0.25, 0.3) is 0 Å². The fourth-order valence-electron chi connectivity index (χ4n) is 2.20. The zero-order valence-corrected chi connectivity index (χ0v) is 14.3. The molecule has 0 aliphatic heterocycles. The number of halogens is 1. The lowest BCUT2D eigenvalue weighted by molar-refractivity contribution is -0.119. The number of benzene rings is 2. The van der Waals surface area contributed by atoms with Crippen molar-refractivity contribution in [1.82, 2.24) is 0 Å². The molecule has 26 heavy (non-hydrogen) atoms. The molecule has 0 aliphatic carbocycles. The van der Waals surface area contributed by atoms with Gasteiger partial charge in [0.05, 0.1) is 0 Å². The van der Waals surface area contributed by atoms with Crippen molar-refractivity contribution in [2.24, 2.45) is 0 Å². The van der Waals surface area contributed by atoms with E-state index in [0.29, 0.717) is 16.9 Å². The van der Waals surface area contributed by atoms with E-state index in [1.54, 1.807) is 24.3 Å². The molecule has 6 nitrogen and oxygen atoms in total. The van der Waals surface area contributed by atoms with Crippen LogP contribution in [0.15, 0.2) is 48.5 Å². The highest BCUT2D eigenvalue weighted by atomic mass is 19.1. The number of ketones is 1. The summed E-state index contributed by atoms with van der Waals surface area (Å²) in [6, 6.07) is 11.8. The molecular formula is C19H19FN2O4. The molecule has 2 aromatic rings. The summed E-state index contributed by atoms with van der Waals surface area (Å²) >= 11 is 0. The predicted molar refractivity (Wildman–Crippen MR) is 95.5 cm³/mol. The molecule has 2 N–H and O–H groups in total. The average molecular weight is 358 g/mol. The maximum absolute atomic E-state index is 12.8. The molecule has 0 fully saturated rings. The first kappa shape index (κ1) is 19.3. The third kappa shape index (κ3) is 6.10. The molecule has 0 radical (unpaired) electrons. The summed E-state index contributed by atoms with van der Waals surface area (Å²) in [6.07, 6.45) is 0.0468. The van der Waals surface area contributed by atoms with Crippen LogP contribution in [0.3, 0.4) is 0 Å². The molecule has 0 saturated carbocycles. The van der Waals surface area contributed by atoms with Crippen molar-refractivity contribution >= 4 is 29.0 Å². The number of nitrogens with one attached hydrogen (secondary N) is 2. The summed E-state index contributed by atoms with van der Waals surface area (Å²) in [4.78, 5) is 35.3. The number of hydrogen-bond donors (Lipinski definition) is 2. The van der Waals surface area contributed by atoms with Gasteiger partial charge in [-0.2, -0.15) is 0 Å². The van der Waals surface area contributed by atoms with Gasteiger partial charge >= 0.3 is 0 Å². The number of methoxy groups -OCH3 is 1. The molecule has 0 bridgehead atoms. The fraction of sp³-hybridized carbons (Fsp3) is 0.211. The Morgan fingerprint density at radius 3 is 1.92 bits per heavy atom. The summed E-state index contributed by atoms with van der Waals surface area (Å²) in [6.45, 7) is -0.0411. The Morgan fingerprint density at radius 2 is 1.38 bits per heavy atom. The second kappa shape index (κ2) is 9.43. The molecular weight excluding hydrogens is 339 g/mol. The van der Waals surface area contributed by atoms with E-state index < -0.39 is 5.82 Å². The smallest absolute Gasteiger partial charge is 0.250 e. The topological polar surface area (TPSA) is 84.5 Å². The van der Waals surface area contributed by atoms with Crippen LogP contribution in [0, 0.1) is 5.82 Å². The molecule has 0 aromatic heterocycles. The Morgan fingerprint density at radius 1 is 0.846 bits per heavy atom. The van der Waals surface area contributed by atoms with Crippen LogP contribution in [0.5, 0.6) is 0 Å². The first-order chi connectivity index (χ1) is 12.5. The summed E-state index contributed by atoms with van der Waals surface area (Å²) in [7, 11) is 1.43. The van der Waals surface area contributed by atoms with Gasteiger partial charge in [0, 0.05) is 36.9 Å². The Balaban J connectivity index is 1.81. The SMILES string of the molecule is COCC(=O)Nc1ccc(NC(=O)CCC(=O)c2ccc(F)cc2)cc1. The van der Waals surface area contributed by atoms with Crippen LogP contribution in [-0.4, -0.2) is 31.3 Å². The van der Waals surface area contributed by atoms with Crippen molar-refractivity contribution in [3.05, 3.63) is 59.9 Å². The average Bonchev–Trinajstić information content (AvgIpc) is 2.62. The number of carbonyl (C=O) groups is 3. The summed E-state index contributed by atoms with van der Waals surface area (Å²) < 4.78 is 17.6. The monoisotopic (exact) mass is 358 g/mol. The van der Waals surface area contributed by atoms with E-state index >= 15 is 0 Å². The van der Waals surface area contributed by atoms with Gasteiger partial charge < -0.3 is 15.4 Å². The molecule has 7 heteroatoms. The maximum Gasteiger partial charge on any atom is 0.250 e. The molecule has 0 aliphatic rings. The van der Waals surface area contributed by atoms with Gasteiger partial charge in [-0.25, -0.2) is 4.39 Å². The van der Waals surface area contributed by atoms with Crippen LogP contribution in [0.2, 0.25) is 0 Å². The van der Waals surface area contributed by atoms with Crippen molar-refractivity contribution in [1.29, 1.82) is 0 Å². The van der Waals surface area contributed by atoms with E-state index in [4.69, 9.17) is 4.74 Å². The molecule has 2 amide bonds. The number of carbonyl (C=O) groups excluding carboxylic acids is 3. The van der Waals surface area contributed by atoms with Gasteiger partial charge in [0.15, 0.2) is 5.78 Å². The van der Waals surface area contributed by atoms with Crippen LogP contribution in [0.25, 0.3) is 0 Å². The predicted octanol–water partition coefficient (Wildman–Crippen LogP) is 3.01. The minimum absolute atomic E-state index is 0.0164. The number of Topliss-reactive ketones (excluding diaryl/α,β-unsaturated/α-hetero) is 1. The van der Waals surface area contributed by atoms with E-state index in [9.17, 15) is 18.8 Å². The van der Waals surface area contributed by atoms with Crippen molar-refractivity contribution < 1.29 is 23.5 Å². The molecule has 2 aromatic carbocycles. The summed E-state index contributed by atoms with van der Waals surface area (Å²) in [5.41, 5.74) is 1.50. The Hall–Kier alpha value is -3.06. The standard InChI is InChI=1S/C19H19FN2O4/c1-26-12-19(25)22-16-8-6-15(7-9-16)21-18(24)11-10-17(23)13-2-4-14(20)5-3-13/h2-9H,10-12H2,1H3,(H,21,24)(H,22,25). The highest BCUT2D eigenvalue weighted by molar-refractivity contribution is 6.00. The van der Waals surface area contributed by atoms with Crippen molar-refractivity contribution in [2.45, 2.75) is 12.8 Å². The molecule has 0 saturated heterocycles. The molecule has 0 atom stereocenters. The number of ether oxygens (including phenoxy) is 1. The zero-order valence-electron chi connectivity index (χ0n) is 14.3. The number of amides is 2. The molecule has 0 unspecified atom stereocenters. The van der Waals surface area contributed by atoms with Gasteiger partial charge in [-0.3, -0.25) is 14.4 Å². The van der Waals surface area contributed by atoms with Gasteiger partial charge in [-0.15, -0.1) is 0 Å². The first-order valence-electron chi connectivity index (χ1n) is 7.95. The van der Waals surface area contributed by atoms with E-state index in [-0.39, 0.29) is 37.0 Å². The molecule has 136 valence electrons. The number of hydrogen-bond acceptors (Lipinski definition) is 4. The lowest BCUT2D eigenvalue weighted by Gasteiger charge is -2.08. The molecule has 0 spiro atoms. The van der Waals surface area contributed by atoms with Gasteiger partial charge in [-0.05, 0) is 48.5 Å². The van der Waals surface area contributed by atoms with E-state index in [1.807, 2.05) is 0 Å². The number of anilines is 2. The highest BCUT2D eigenvalue weighted by Gasteiger charge is 2.10.